The zero-order valence-corrected chi connectivity index (χ0v) is 26.8. The maximum absolute atomic E-state index is 16.3. The molecule has 2 aromatic heterocycles. The number of likely N-dealkylation sites (tertiary alicyclic amines) is 1. The Morgan fingerprint density at radius 2 is 1.76 bits per heavy atom. The van der Waals surface area contributed by atoms with E-state index in [1.54, 1.807) is 6.20 Å². The van der Waals surface area contributed by atoms with Crippen molar-refractivity contribution in [1.82, 2.24) is 14.3 Å². The van der Waals surface area contributed by atoms with E-state index in [9.17, 15) is 9.90 Å². The van der Waals surface area contributed by atoms with Gasteiger partial charge in [0.05, 0.1) is 17.5 Å². The van der Waals surface area contributed by atoms with Crippen LogP contribution in [0.15, 0.2) is 42.6 Å². The van der Waals surface area contributed by atoms with E-state index < -0.39 is 20.0 Å². The van der Waals surface area contributed by atoms with Crippen molar-refractivity contribution in [1.29, 1.82) is 0 Å². The zero-order valence-electron chi connectivity index (χ0n) is 25.0. The Hall–Kier alpha value is -3.48. The molecule has 4 aromatic rings. The Kier molecular flexibility index (Phi) is 7.26. The van der Waals surface area contributed by atoms with E-state index in [0.717, 1.165) is 27.8 Å². The van der Waals surface area contributed by atoms with Crippen molar-refractivity contribution < 1.29 is 14.3 Å². The summed E-state index contributed by atoms with van der Waals surface area (Å²) in [5.74, 6) is 3.17. The van der Waals surface area contributed by atoms with Gasteiger partial charge in [-0.2, -0.15) is 4.37 Å². The summed E-state index contributed by atoms with van der Waals surface area (Å²) in [4.78, 5) is 19.9. The first-order valence-corrected chi connectivity index (χ1v) is 17.8. The summed E-state index contributed by atoms with van der Waals surface area (Å²) in [7, 11) is -1.97. The second kappa shape index (κ2) is 10.7. The highest BCUT2D eigenvalue weighted by Gasteiger charge is 2.50. The highest BCUT2D eigenvalue weighted by Crippen LogP contribution is 2.44. The van der Waals surface area contributed by atoms with Crippen LogP contribution in [0, 0.1) is 17.3 Å². The molecule has 218 valence electrons. The highest BCUT2D eigenvalue weighted by molar-refractivity contribution is 7.11. The normalized spacial score (nSPS) is 18.6. The van der Waals surface area contributed by atoms with Gasteiger partial charge < -0.3 is 14.9 Å². The third-order valence-corrected chi connectivity index (χ3v) is 16.9. The van der Waals surface area contributed by atoms with E-state index in [-0.39, 0.29) is 17.8 Å². The molecule has 2 atom stereocenters. The fraction of sp³-hybridized carbons (Fsp3) is 0.424. The molecule has 9 heteroatoms. The smallest absolute Gasteiger partial charge is 0.407 e. The molecule has 4 heterocycles. The molecule has 1 amide bonds. The minimum Gasteiger partial charge on any atom is -0.465 e. The summed E-state index contributed by atoms with van der Waals surface area (Å²) in [6, 6.07) is 12.1. The van der Waals surface area contributed by atoms with Crippen molar-refractivity contribution in [3.05, 3.63) is 54.0 Å². The van der Waals surface area contributed by atoms with Crippen LogP contribution in [0.3, 0.4) is 0 Å². The Morgan fingerprint density at radius 3 is 2.43 bits per heavy atom. The first kappa shape index (κ1) is 28.6. The van der Waals surface area contributed by atoms with E-state index in [4.69, 9.17) is 0 Å². The molecule has 0 radical (unpaired) electrons. The number of fused-ring (bicyclic) bond motifs is 3. The summed E-state index contributed by atoms with van der Waals surface area (Å²) in [5.41, 5.74) is 7.58. The summed E-state index contributed by atoms with van der Waals surface area (Å²) in [5, 5.41) is 12.9. The van der Waals surface area contributed by atoms with Crippen LogP contribution < -0.4 is 4.90 Å². The number of amides is 1. The van der Waals surface area contributed by atoms with Crippen molar-refractivity contribution in [2.75, 3.05) is 18.0 Å². The van der Waals surface area contributed by atoms with Crippen LogP contribution in [0.4, 0.5) is 14.2 Å². The number of aromatic nitrogens is 2. The molecule has 1 N–H and O–H groups in total. The molecular weight excluding hydrogens is 564 g/mol. The van der Waals surface area contributed by atoms with Crippen LogP contribution in [0.1, 0.15) is 53.5 Å². The van der Waals surface area contributed by atoms with Gasteiger partial charge in [0.25, 0.3) is 0 Å². The van der Waals surface area contributed by atoms with E-state index in [1.165, 1.54) is 16.4 Å². The lowest BCUT2D eigenvalue weighted by Gasteiger charge is -2.46. The van der Waals surface area contributed by atoms with Gasteiger partial charge in [-0.1, -0.05) is 77.8 Å². The van der Waals surface area contributed by atoms with Crippen molar-refractivity contribution in [2.24, 2.45) is 0 Å². The summed E-state index contributed by atoms with van der Waals surface area (Å²) in [6.45, 7) is 15.0. The third-order valence-electron chi connectivity index (χ3n) is 9.69. The molecule has 0 unspecified atom stereocenters. The highest BCUT2D eigenvalue weighted by atomic mass is 32.1. The SMILES string of the molecule is CC(C)[Si](C#Cc1cccc2cccc(-c3ncc4c(N5C[C@@H]6[C@H]5CCN6C(=O)O)snc4c3F)c12)(C(C)C)C(C)C. The van der Waals surface area contributed by atoms with Gasteiger partial charge in [-0.15, -0.1) is 5.54 Å². The van der Waals surface area contributed by atoms with Gasteiger partial charge in [-0.25, -0.2) is 9.18 Å². The number of rotatable bonds is 5. The molecule has 2 aliphatic heterocycles. The van der Waals surface area contributed by atoms with E-state index in [0.29, 0.717) is 46.2 Å². The van der Waals surface area contributed by atoms with E-state index >= 15 is 4.39 Å². The molecule has 0 saturated carbocycles. The number of carbonyl (C=O) groups is 1. The molecular formula is C33H37FN4O2SSi. The maximum atomic E-state index is 16.3. The first-order chi connectivity index (χ1) is 20.1. The van der Waals surface area contributed by atoms with Crippen LogP contribution in [-0.2, 0) is 0 Å². The molecule has 0 spiro atoms. The lowest BCUT2D eigenvalue weighted by Crippen LogP contribution is -2.62. The molecule has 0 bridgehead atoms. The average Bonchev–Trinajstić information content (AvgIpc) is 3.50. The van der Waals surface area contributed by atoms with Crippen LogP contribution >= 0.6 is 11.5 Å². The molecule has 6 rings (SSSR count). The van der Waals surface area contributed by atoms with E-state index in [1.807, 2.05) is 36.4 Å². The molecule has 42 heavy (non-hydrogen) atoms. The standard InChI is InChI=1S/C33H37FN4O2SSi/c1-19(2)42(20(3)4,21(5)6)16-14-23-10-7-9-22-11-8-12-24(28(22)23)30-29(34)31-25(17-35-30)32(41-36-31)38-18-27-26(38)13-15-37(27)33(39)40/h7-12,17,19-21,26-27H,13,15,18H2,1-6H3,(H,39,40)/t26-,27-/m1/s1. The molecule has 2 aromatic carbocycles. The lowest BCUT2D eigenvalue weighted by atomic mass is 9.96. The fourth-order valence-corrected chi connectivity index (χ4v) is 13.7. The number of nitrogens with zero attached hydrogens (tertiary/aromatic N) is 4. The average molecular weight is 601 g/mol. The van der Waals surface area contributed by atoms with Crippen LogP contribution in [0.25, 0.3) is 32.9 Å². The number of carboxylic acid groups (broad SMARTS) is 1. The number of halogens is 1. The van der Waals surface area contributed by atoms with Crippen molar-refractivity contribution in [3.63, 3.8) is 0 Å². The van der Waals surface area contributed by atoms with Gasteiger partial charge in [0.1, 0.15) is 24.3 Å². The number of hydrogen-bond donors (Lipinski definition) is 1. The first-order valence-electron chi connectivity index (χ1n) is 14.8. The monoisotopic (exact) mass is 600 g/mol. The molecule has 2 fully saturated rings. The minimum atomic E-state index is -1.97. The van der Waals surface area contributed by atoms with Gasteiger partial charge in [0, 0.05) is 35.8 Å². The van der Waals surface area contributed by atoms with Crippen molar-refractivity contribution >= 4 is 52.4 Å². The summed E-state index contributed by atoms with van der Waals surface area (Å²) >= 11 is 1.26. The summed E-state index contributed by atoms with van der Waals surface area (Å²) in [6.07, 6.45) is 1.61. The van der Waals surface area contributed by atoms with E-state index in [2.05, 4.69) is 67.3 Å². The zero-order chi connectivity index (χ0) is 29.9. The van der Waals surface area contributed by atoms with Gasteiger partial charge in [-0.3, -0.25) is 4.98 Å². The molecule has 2 aliphatic rings. The van der Waals surface area contributed by atoms with Crippen LogP contribution in [0.5, 0.6) is 0 Å². The Morgan fingerprint density at radius 1 is 1.07 bits per heavy atom. The Balaban J connectivity index is 1.43. The fourth-order valence-electron chi connectivity index (χ4n) is 7.60. The third kappa shape index (κ3) is 4.30. The largest absolute Gasteiger partial charge is 0.465 e. The Bertz CT molecular complexity index is 1730. The van der Waals surface area contributed by atoms with Crippen LogP contribution in [0.2, 0.25) is 16.6 Å². The Labute approximate surface area is 251 Å². The molecule has 6 nitrogen and oxygen atoms in total. The topological polar surface area (TPSA) is 69.6 Å². The number of pyridine rings is 1. The predicted octanol–water partition coefficient (Wildman–Crippen LogP) is 8.16. The molecule has 2 saturated heterocycles. The summed E-state index contributed by atoms with van der Waals surface area (Å²) < 4.78 is 20.8. The van der Waals surface area contributed by atoms with Gasteiger partial charge in [-0.05, 0) is 46.0 Å². The number of anilines is 1. The van der Waals surface area contributed by atoms with Gasteiger partial charge in [0.2, 0.25) is 0 Å². The quantitative estimate of drug-likeness (QED) is 0.185. The second-order valence-corrected chi connectivity index (χ2v) is 18.9. The maximum Gasteiger partial charge on any atom is 0.407 e. The van der Waals surface area contributed by atoms with Crippen molar-refractivity contribution in [2.45, 2.75) is 76.7 Å². The van der Waals surface area contributed by atoms with Gasteiger partial charge in [0.15, 0.2) is 5.82 Å². The van der Waals surface area contributed by atoms with Gasteiger partial charge >= 0.3 is 6.09 Å². The molecule has 0 aliphatic carbocycles. The lowest BCUT2D eigenvalue weighted by molar-refractivity contribution is 0.129. The predicted molar refractivity (Wildman–Crippen MR) is 173 cm³/mol. The second-order valence-electron chi connectivity index (χ2n) is 12.6. The van der Waals surface area contributed by atoms with Crippen LogP contribution in [-0.4, -0.2) is 58.7 Å². The van der Waals surface area contributed by atoms with Crippen molar-refractivity contribution in [3.8, 4) is 22.7 Å². The number of hydrogen-bond acceptors (Lipinski definition) is 5. The minimum absolute atomic E-state index is 0.0178. The number of benzene rings is 2.